The first-order valence-corrected chi connectivity index (χ1v) is 16.5. The number of aromatic hydroxyl groups is 1. The van der Waals surface area contributed by atoms with Crippen molar-refractivity contribution in [3.05, 3.63) is 89.5 Å². The number of carbonyl (C=O) groups excluding carboxylic acids is 4. The number of benzene rings is 3. The van der Waals surface area contributed by atoms with Gasteiger partial charge in [0.15, 0.2) is 0 Å². The summed E-state index contributed by atoms with van der Waals surface area (Å²) in [6.07, 6.45) is -1.55. The van der Waals surface area contributed by atoms with Crippen molar-refractivity contribution < 1.29 is 48.8 Å². The number of carboxylic acid groups (broad SMARTS) is 2. The quantitative estimate of drug-likeness (QED) is 0.116. The van der Waals surface area contributed by atoms with E-state index in [1.807, 2.05) is 48.5 Å². The average Bonchev–Trinajstić information content (AvgIpc) is 3.42. The summed E-state index contributed by atoms with van der Waals surface area (Å²) in [5.74, 6) is -6.08. The molecule has 4 rings (SSSR count). The number of nitrogens with one attached hydrogen (secondary N) is 4. The molecule has 4 amide bonds. The van der Waals surface area contributed by atoms with Crippen molar-refractivity contribution in [2.45, 2.75) is 70.1 Å². The molecular formula is C37H42N4O10. The lowest BCUT2D eigenvalue weighted by molar-refractivity contribution is -0.141. The summed E-state index contributed by atoms with van der Waals surface area (Å²) in [5, 5.41) is 38.3. The van der Waals surface area contributed by atoms with Crippen LogP contribution in [0.2, 0.25) is 0 Å². The summed E-state index contributed by atoms with van der Waals surface area (Å²) in [5.41, 5.74) is 4.49. The van der Waals surface area contributed by atoms with E-state index in [2.05, 4.69) is 21.3 Å². The normalized spacial score (nSPS) is 14.7. The van der Waals surface area contributed by atoms with Crippen LogP contribution < -0.4 is 21.3 Å². The highest BCUT2D eigenvalue weighted by Crippen LogP contribution is 2.44. The number of hydrogen-bond donors (Lipinski definition) is 7. The van der Waals surface area contributed by atoms with Crippen molar-refractivity contribution in [3.63, 3.8) is 0 Å². The van der Waals surface area contributed by atoms with Crippen LogP contribution in [-0.4, -0.2) is 81.8 Å². The molecule has 1 aliphatic carbocycles. The molecule has 0 bridgehead atoms. The second-order valence-corrected chi connectivity index (χ2v) is 12.5. The van der Waals surface area contributed by atoms with Gasteiger partial charge in [-0.2, -0.15) is 0 Å². The lowest BCUT2D eigenvalue weighted by atomic mass is 9.96. The summed E-state index contributed by atoms with van der Waals surface area (Å²) >= 11 is 0. The third kappa shape index (κ3) is 9.84. The molecule has 0 saturated heterocycles. The fourth-order valence-electron chi connectivity index (χ4n) is 5.84. The van der Waals surface area contributed by atoms with E-state index in [4.69, 9.17) is 4.74 Å². The molecule has 0 saturated carbocycles. The molecule has 0 radical (unpaired) electrons. The first-order valence-electron chi connectivity index (χ1n) is 16.5. The SMILES string of the molecule is CC[C@H](C)[C@H](NC(=O)[C@H](CC(=O)O)NC(=O)OCC1c2ccccc2-c2ccccc21)C(=O)N[C@@H](Cc1ccc(O)cc1)C(=O)N[C@@H](C)C(=O)O. The number of fused-ring (bicyclic) bond motifs is 3. The zero-order valence-corrected chi connectivity index (χ0v) is 28.4. The standard InChI is InChI=1S/C37H42N4O10/c1-4-20(2)32(35(47)39-29(33(45)38-21(3)36(48)49)17-22-13-15-23(42)16-14-22)41-34(46)30(18-31(43)44)40-37(50)51-19-28-26-11-7-5-9-24(26)25-10-6-8-12-27(25)28/h5-16,20-21,28-30,32,42H,4,17-19H2,1-3H3,(H,38,45)(H,39,47)(H,40,50)(H,41,46)(H,43,44)(H,48,49)/t20-,21-,29-,30-,32-/m0/s1. The minimum atomic E-state index is -1.62. The maximum atomic E-state index is 13.7. The zero-order valence-electron chi connectivity index (χ0n) is 28.4. The molecule has 0 spiro atoms. The smallest absolute Gasteiger partial charge is 0.407 e. The third-order valence-corrected chi connectivity index (χ3v) is 8.86. The van der Waals surface area contributed by atoms with Crippen LogP contribution in [0.1, 0.15) is 56.2 Å². The van der Waals surface area contributed by atoms with Gasteiger partial charge in [-0.05, 0) is 52.8 Å². The first kappa shape index (κ1) is 37.9. The number of rotatable bonds is 16. The van der Waals surface area contributed by atoms with Crippen molar-refractivity contribution >= 4 is 35.8 Å². The fourth-order valence-corrected chi connectivity index (χ4v) is 5.84. The number of alkyl carbamates (subject to hydrolysis) is 1. The Morgan fingerprint density at radius 2 is 1.29 bits per heavy atom. The van der Waals surface area contributed by atoms with Crippen molar-refractivity contribution in [1.82, 2.24) is 21.3 Å². The predicted octanol–water partition coefficient (Wildman–Crippen LogP) is 2.92. The summed E-state index contributed by atoms with van der Waals surface area (Å²) in [7, 11) is 0. The van der Waals surface area contributed by atoms with Crippen LogP contribution >= 0.6 is 0 Å². The van der Waals surface area contributed by atoms with Crippen molar-refractivity contribution in [2.75, 3.05) is 6.61 Å². The van der Waals surface area contributed by atoms with Crippen LogP contribution in [0.5, 0.6) is 5.75 Å². The summed E-state index contributed by atoms with van der Waals surface area (Å²) in [6.45, 7) is 4.60. The minimum absolute atomic E-state index is 0.0227. The van der Waals surface area contributed by atoms with Gasteiger partial charge in [0.1, 0.15) is 36.5 Å². The topological polar surface area (TPSA) is 220 Å². The van der Waals surface area contributed by atoms with E-state index in [0.29, 0.717) is 12.0 Å². The number of phenols is 1. The van der Waals surface area contributed by atoms with Gasteiger partial charge in [-0.25, -0.2) is 4.79 Å². The van der Waals surface area contributed by atoms with Gasteiger partial charge in [-0.15, -0.1) is 0 Å². The lowest BCUT2D eigenvalue weighted by Crippen LogP contribution is -2.59. The Kier molecular flexibility index (Phi) is 12.7. The van der Waals surface area contributed by atoms with Gasteiger partial charge in [0.25, 0.3) is 0 Å². The maximum Gasteiger partial charge on any atom is 0.407 e. The molecule has 270 valence electrons. The Morgan fingerprint density at radius 3 is 1.84 bits per heavy atom. The average molecular weight is 703 g/mol. The maximum absolute atomic E-state index is 13.7. The van der Waals surface area contributed by atoms with Crippen LogP contribution in [0.15, 0.2) is 72.8 Å². The molecule has 0 aromatic heterocycles. The van der Waals surface area contributed by atoms with E-state index in [9.17, 15) is 44.1 Å². The van der Waals surface area contributed by atoms with Gasteiger partial charge in [-0.3, -0.25) is 24.0 Å². The molecule has 3 aromatic carbocycles. The van der Waals surface area contributed by atoms with Crippen LogP contribution in [0.4, 0.5) is 4.79 Å². The number of phenolic OH excluding ortho intramolecular Hbond substituents is 1. The fraction of sp³-hybridized carbons (Fsp3) is 0.351. The number of amides is 4. The van der Waals surface area contributed by atoms with Crippen molar-refractivity contribution in [2.24, 2.45) is 5.92 Å². The highest BCUT2D eigenvalue weighted by molar-refractivity contribution is 5.96. The first-order chi connectivity index (χ1) is 24.3. The molecule has 1 aliphatic rings. The Labute approximate surface area is 294 Å². The molecule has 0 aliphatic heterocycles. The van der Waals surface area contributed by atoms with Gasteiger partial charge in [0.05, 0.1) is 6.42 Å². The highest BCUT2D eigenvalue weighted by Gasteiger charge is 2.35. The molecule has 14 heteroatoms. The Balaban J connectivity index is 1.47. The molecule has 14 nitrogen and oxygen atoms in total. The van der Waals surface area contributed by atoms with Gasteiger partial charge in [0.2, 0.25) is 17.7 Å². The number of ether oxygens (including phenoxy) is 1. The molecule has 0 unspecified atom stereocenters. The van der Waals surface area contributed by atoms with E-state index in [0.717, 1.165) is 22.3 Å². The van der Waals surface area contributed by atoms with Crippen molar-refractivity contribution in [1.29, 1.82) is 0 Å². The van der Waals surface area contributed by atoms with E-state index in [1.54, 1.807) is 13.8 Å². The molecule has 0 fully saturated rings. The second-order valence-electron chi connectivity index (χ2n) is 12.5. The highest BCUT2D eigenvalue weighted by atomic mass is 16.5. The summed E-state index contributed by atoms with van der Waals surface area (Å²) in [6, 6.07) is 15.8. The van der Waals surface area contributed by atoms with E-state index in [1.165, 1.54) is 31.2 Å². The summed E-state index contributed by atoms with van der Waals surface area (Å²) < 4.78 is 5.51. The number of hydrogen-bond acceptors (Lipinski definition) is 8. The zero-order chi connectivity index (χ0) is 37.2. The molecule has 3 aromatic rings. The Bertz CT molecular complexity index is 1720. The molecule has 51 heavy (non-hydrogen) atoms. The summed E-state index contributed by atoms with van der Waals surface area (Å²) in [4.78, 5) is 76.5. The van der Waals surface area contributed by atoms with Crippen LogP contribution in [0, 0.1) is 5.92 Å². The third-order valence-electron chi connectivity index (χ3n) is 8.86. The van der Waals surface area contributed by atoms with E-state index >= 15 is 0 Å². The Hall–Kier alpha value is -5.92. The number of carbonyl (C=O) groups is 6. The van der Waals surface area contributed by atoms with Crippen LogP contribution in [0.3, 0.4) is 0 Å². The minimum Gasteiger partial charge on any atom is -0.508 e. The van der Waals surface area contributed by atoms with Gasteiger partial charge < -0.3 is 41.3 Å². The molecule has 0 heterocycles. The predicted molar refractivity (Wildman–Crippen MR) is 185 cm³/mol. The van der Waals surface area contributed by atoms with Crippen molar-refractivity contribution in [3.8, 4) is 16.9 Å². The van der Waals surface area contributed by atoms with Crippen LogP contribution in [0.25, 0.3) is 11.1 Å². The molecule has 5 atom stereocenters. The van der Waals surface area contributed by atoms with Gasteiger partial charge in [0, 0.05) is 12.3 Å². The molecular weight excluding hydrogens is 660 g/mol. The van der Waals surface area contributed by atoms with Crippen LogP contribution in [-0.2, 0) is 35.1 Å². The van der Waals surface area contributed by atoms with E-state index < -0.39 is 72.3 Å². The lowest BCUT2D eigenvalue weighted by Gasteiger charge is -2.28. The van der Waals surface area contributed by atoms with Gasteiger partial charge in [-0.1, -0.05) is 80.9 Å². The monoisotopic (exact) mass is 702 g/mol. The second kappa shape index (κ2) is 17.1. The number of carboxylic acids is 2. The molecule has 7 N–H and O–H groups in total. The number of aliphatic carboxylic acids is 2. The van der Waals surface area contributed by atoms with Gasteiger partial charge >= 0.3 is 18.0 Å². The Morgan fingerprint density at radius 1 is 0.725 bits per heavy atom. The van der Waals surface area contributed by atoms with E-state index in [-0.39, 0.29) is 24.7 Å². The largest absolute Gasteiger partial charge is 0.508 e.